The summed E-state index contributed by atoms with van der Waals surface area (Å²) in [7, 11) is -3.69. The van der Waals surface area contributed by atoms with Crippen LogP contribution in [0.3, 0.4) is 0 Å². The Morgan fingerprint density at radius 3 is 2.75 bits per heavy atom. The number of aryl methyl sites for hydroxylation is 1. The number of sulfonamides is 1. The topological polar surface area (TPSA) is 108 Å². The van der Waals surface area contributed by atoms with Gasteiger partial charge >= 0.3 is 0 Å². The molecule has 1 amide bonds. The van der Waals surface area contributed by atoms with Crippen molar-refractivity contribution in [3.63, 3.8) is 0 Å². The average Bonchev–Trinajstić information content (AvgIpc) is 3.16. The first-order valence-corrected chi connectivity index (χ1v) is 11.8. The van der Waals surface area contributed by atoms with Crippen molar-refractivity contribution in [3.05, 3.63) is 29.0 Å². The van der Waals surface area contributed by atoms with E-state index in [2.05, 4.69) is 20.5 Å². The van der Waals surface area contributed by atoms with Gasteiger partial charge in [-0.1, -0.05) is 36.7 Å². The molecule has 0 atom stereocenters. The van der Waals surface area contributed by atoms with Crippen LogP contribution in [-0.4, -0.2) is 52.7 Å². The highest BCUT2D eigenvalue weighted by molar-refractivity contribution is 7.99. The van der Waals surface area contributed by atoms with Gasteiger partial charge in [-0.2, -0.15) is 4.31 Å². The van der Waals surface area contributed by atoms with Crippen molar-refractivity contribution in [3.8, 4) is 0 Å². The second-order valence-electron chi connectivity index (χ2n) is 6.37. The molecule has 8 nitrogen and oxygen atoms in total. The Balaban J connectivity index is 1.67. The normalized spacial score (nSPS) is 15.5. The number of rotatable bonds is 7. The van der Waals surface area contributed by atoms with Crippen LogP contribution in [0.2, 0.25) is 5.02 Å². The van der Waals surface area contributed by atoms with Crippen LogP contribution in [0.1, 0.15) is 32.0 Å². The molecule has 0 radical (unpaired) electrons. The van der Waals surface area contributed by atoms with E-state index < -0.39 is 10.0 Å². The van der Waals surface area contributed by atoms with Crippen molar-refractivity contribution in [1.29, 1.82) is 0 Å². The van der Waals surface area contributed by atoms with Crippen molar-refractivity contribution in [2.75, 3.05) is 24.2 Å². The molecule has 2 aromatic rings. The monoisotopic (exact) mass is 443 g/mol. The molecule has 0 spiro atoms. The number of carbonyl (C=O) groups is 1. The van der Waals surface area contributed by atoms with E-state index in [0.717, 1.165) is 31.5 Å². The van der Waals surface area contributed by atoms with Crippen LogP contribution in [0, 0.1) is 0 Å². The molecule has 1 saturated heterocycles. The molecule has 3 rings (SSSR count). The fourth-order valence-corrected chi connectivity index (χ4v) is 5.49. The van der Waals surface area contributed by atoms with Gasteiger partial charge in [-0.05, 0) is 31.0 Å². The molecule has 1 aromatic heterocycles. The lowest BCUT2D eigenvalue weighted by Crippen LogP contribution is -2.35. The van der Waals surface area contributed by atoms with Crippen LogP contribution >= 0.6 is 23.4 Å². The molecule has 0 saturated carbocycles. The number of thioether (sulfide) groups is 1. The zero-order chi connectivity index (χ0) is 20.1. The maximum absolute atomic E-state index is 12.9. The lowest BCUT2D eigenvalue weighted by atomic mass is 10.2. The molecule has 0 unspecified atom stereocenters. The van der Waals surface area contributed by atoms with E-state index in [1.54, 1.807) is 6.07 Å². The van der Waals surface area contributed by atoms with E-state index in [1.165, 1.54) is 28.2 Å². The summed E-state index contributed by atoms with van der Waals surface area (Å²) in [4.78, 5) is 16.5. The third-order valence-electron chi connectivity index (χ3n) is 4.33. The number of halogens is 1. The third-order valence-corrected chi connectivity index (χ3v) is 7.55. The second-order valence-corrected chi connectivity index (χ2v) is 9.62. The Labute approximate surface area is 173 Å². The Kier molecular flexibility index (Phi) is 6.97. The number of aromatic amines is 1. The van der Waals surface area contributed by atoms with Gasteiger partial charge in [-0.3, -0.25) is 9.89 Å². The number of aromatic nitrogens is 3. The molecular weight excluding hydrogens is 422 g/mol. The minimum atomic E-state index is -3.69. The Morgan fingerprint density at radius 2 is 2.07 bits per heavy atom. The number of H-pyrrole nitrogens is 1. The molecule has 0 bridgehead atoms. The third kappa shape index (κ3) is 5.05. The number of piperidine rings is 1. The summed E-state index contributed by atoms with van der Waals surface area (Å²) in [5, 5.41) is 10.2. The first-order valence-electron chi connectivity index (χ1n) is 9.04. The summed E-state index contributed by atoms with van der Waals surface area (Å²) in [5.74, 6) is 0.586. The van der Waals surface area contributed by atoms with Gasteiger partial charge in [0.25, 0.3) is 0 Å². The van der Waals surface area contributed by atoms with Gasteiger partial charge in [0, 0.05) is 25.2 Å². The summed E-state index contributed by atoms with van der Waals surface area (Å²) in [6.45, 7) is 2.93. The Hall–Kier alpha value is -1.62. The fraction of sp³-hybridized carbons (Fsp3) is 0.471. The molecule has 2 N–H and O–H groups in total. The second kappa shape index (κ2) is 9.25. The van der Waals surface area contributed by atoms with E-state index in [1.807, 2.05) is 6.92 Å². The number of anilines is 1. The summed E-state index contributed by atoms with van der Waals surface area (Å²) in [5.41, 5.74) is 0.384. The Bertz CT molecular complexity index is 942. The van der Waals surface area contributed by atoms with Gasteiger partial charge in [0.2, 0.25) is 21.1 Å². The van der Waals surface area contributed by atoms with E-state index in [9.17, 15) is 13.2 Å². The smallest absolute Gasteiger partial charge is 0.244 e. The minimum absolute atomic E-state index is 0.0167. The van der Waals surface area contributed by atoms with Gasteiger partial charge < -0.3 is 5.32 Å². The number of nitrogens with zero attached hydrogens (tertiary/aromatic N) is 3. The van der Waals surface area contributed by atoms with E-state index in [4.69, 9.17) is 11.6 Å². The van der Waals surface area contributed by atoms with E-state index in [-0.39, 0.29) is 21.6 Å². The largest absolute Gasteiger partial charge is 0.325 e. The maximum Gasteiger partial charge on any atom is 0.244 e. The number of nitrogens with one attached hydrogen (secondary N) is 2. The van der Waals surface area contributed by atoms with Crippen molar-refractivity contribution in [2.45, 2.75) is 42.7 Å². The van der Waals surface area contributed by atoms with Gasteiger partial charge in [0.05, 0.1) is 10.8 Å². The zero-order valence-corrected chi connectivity index (χ0v) is 17.8. The van der Waals surface area contributed by atoms with Crippen LogP contribution in [0.4, 0.5) is 5.69 Å². The van der Waals surface area contributed by atoms with Gasteiger partial charge in [-0.15, -0.1) is 5.10 Å². The molecule has 2 heterocycles. The summed E-state index contributed by atoms with van der Waals surface area (Å²) in [6, 6.07) is 4.49. The van der Waals surface area contributed by atoms with Crippen molar-refractivity contribution in [1.82, 2.24) is 19.5 Å². The fourth-order valence-electron chi connectivity index (χ4n) is 2.85. The lowest BCUT2D eigenvalue weighted by molar-refractivity contribution is -0.113. The molecule has 28 heavy (non-hydrogen) atoms. The predicted molar refractivity (Wildman–Crippen MR) is 109 cm³/mol. The van der Waals surface area contributed by atoms with Crippen LogP contribution in [0.25, 0.3) is 0 Å². The molecule has 0 aliphatic carbocycles. The van der Waals surface area contributed by atoms with Crippen LogP contribution in [0.15, 0.2) is 28.3 Å². The quantitative estimate of drug-likeness (QED) is 0.637. The SMILES string of the molecule is CCc1nc(SCC(=O)Nc2ccc(Cl)c(S(=O)(=O)N3CCCCC3)c2)n[nH]1. The van der Waals surface area contributed by atoms with Gasteiger partial charge in [-0.25, -0.2) is 13.4 Å². The highest BCUT2D eigenvalue weighted by Gasteiger charge is 2.28. The first-order chi connectivity index (χ1) is 13.4. The highest BCUT2D eigenvalue weighted by Crippen LogP contribution is 2.29. The number of benzene rings is 1. The van der Waals surface area contributed by atoms with Crippen molar-refractivity contribution >= 4 is 45.0 Å². The van der Waals surface area contributed by atoms with Crippen molar-refractivity contribution < 1.29 is 13.2 Å². The summed E-state index contributed by atoms with van der Waals surface area (Å²) in [6.07, 6.45) is 3.44. The number of amides is 1. The molecule has 152 valence electrons. The van der Waals surface area contributed by atoms with E-state index in [0.29, 0.717) is 23.9 Å². The summed E-state index contributed by atoms with van der Waals surface area (Å²) < 4.78 is 27.2. The van der Waals surface area contributed by atoms with Crippen LogP contribution in [-0.2, 0) is 21.2 Å². The van der Waals surface area contributed by atoms with Crippen LogP contribution < -0.4 is 5.32 Å². The van der Waals surface area contributed by atoms with Crippen molar-refractivity contribution in [2.24, 2.45) is 0 Å². The zero-order valence-electron chi connectivity index (χ0n) is 15.4. The number of hydrogen-bond acceptors (Lipinski definition) is 6. The molecule has 1 aromatic carbocycles. The average molecular weight is 444 g/mol. The Morgan fingerprint density at radius 1 is 1.32 bits per heavy atom. The molecular formula is C17H22ClN5O3S2. The molecule has 1 aliphatic rings. The minimum Gasteiger partial charge on any atom is -0.325 e. The lowest BCUT2D eigenvalue weighted by Gasteiger charge is -2.26. The number of carbonyl (C=O) groups excluding carboxylic acids is 1. The predicted octanol–water partition coefficient (Wildman–Crippen LogP) is 2.93. The molecule has 1 fully saturated rings. The molecule has 11 heteroatoms. The highest BCUT2D eigenvalue weighted by atomic mass is 35.5. The summed E-state index contributed by atoms with van der Waals surface area (Å²) >= 11 is 7.35. The molecule has 1 aliphatic heterocycles. The first kappa shape index (κ1) is 21.1. The standard InChI is InChI=1S/C17H22ClN5O3S2/c1-2-15-20-17(22-21-15)27-11-16(24)19-12-6-7-13(18)14(10-12)28(25,26)23-8-4-3-5-9-23/h6-7,10H,2-5,8-9,11H2,1H3,(H,19,24)(H,20,21,22). The van der Waals surface area contributed by atoms with Gasteiger partial charge in [0.15, 0.2) is 0 Å². The van der Waals surface area contributed by atoms with Crippen LogP contribution in [0.5, 0.6) is 0 Å². The van der Waals surface area contributed by atoms with E-state index >= 15 is 0 Å². The maximum atomic E-state index is 12.9. The van der Waals surface area contributed by atoms with Gasteiger partial charge in [0.1, 0.15) is 10.7 Å². The number of hydrogen-bond donors (Lipinski definition) is 2.